The Kier molecular flexibility index (Phi) is 3.60. The number of nitrogens with zero attached hydrogens (tertiary/aromatic N) is 4. The van der Waals surface area contributed by atoms with Crippen LogP contribution in [0.4, 0.5) is 0 Å². The van der Waals surface area contributed by atoms with Gasteiger partial charge in [-0.05, 0) is 44.0 Å². The van der Waals surface area contributed by atoms with Crippen LogP contribution >= 0.6 is 0 Å². The van der Waals surface area contributed by atoms with Crippen molar-refractivity contribution in [1.29, 1.82) is 0 Å². The van der Waals surface area contributed by atoms with E-state index < -0.39 is 0 Å². The van der Waals surface area contributed by atoms with Crippen LogP contribution in [0.2, 0.25) is 0 Å². The first-order valence-corrected chi connectivity index (χ1v) is 6.93. The van der Waals surface area contributed by atoms with E-state index in [0.29, 0.717) is 6.04 Å². The zero-order valence-corrected chi connectivity index (χ0v) is 11.3. The molecule has 0 N–H and O–H groups in total. The fraction of sp³-hybridized carbons (Fsp3) is 0.467. The molecule has 4 heteroatoms. The number of rotatable bonds is 6. The van der Waals surface area contributed by atoms with Crippen LogP contribution in [0.25, 0.3) is 0 Å². The molecule has 100 valence electrons. The van der Waals surface area contributed by atoms with E-state index >= 15 is 0 Å². The average molecular weight is 256 g/mol. The van der Waals surface area contributed by atoms with E-state index in [1.54, 1.807) is 0 Å². The highest BCUT2D eigenvalue weighted by atomic mass is 15.3. The molecule has 0 amide bonds. The van der Waals surface area contributed by atoms with E-state index in [-0.39, 0.29) is 0 Å². The van der Waals surface area contributed by atoms with Gasteiger partial charge < -0.3 is 0 Å². The van der Waals surface area contributed by atoms with Gasteiger partial charge in [-0.25, -0.2) is 0 Å². The average Bonchev–Trinajstić information content (AvgIpc) is 3.13. The van der Waals surface area contributed by atoms with Crippen molar-refractivity contribution in [2.24, 2.45) is 5.92 Å². The van der Waals surface area contributed by atoms with Gasteiger partial charge in [-0.3, -0.25) is 14.6 Å². The fourth-order valence-corrected chi connectivity index (χ4v) is 2.62. The van der Waals surface area contributed by atoms with E-state index in [2.05, 4.69) is 34.2 Å². The number of hydrogen-bond acceptors (Lipinski definition) is 3. The van der Waals surface area contributed by atoms with Gasteiger partial charge in [-0.15, -0.1) is 0 Å². The van der Waals surface area contributed by atoms with Crippen LogP contribution in [0.5, 0.6) is 0 Å². The Morgan fingerprint density at radius 1 is 1.32 bits per heavy atom. The van der Waals surface area contributed by atoms with Crippen LogP contribution < -0.4 is 0 Å². The van der Waals surface area contributed by atoms with Gasteiger partial charge in [0.25, 0.3) is 0 Å². The molecule has 1 saturated carbocycles. The highest BCUT2D eigenvalue weighted by molar-refractivity contribution is 5.12. The summed E-state index contributed by atoms with van der Waals surface area (Å²) in [5.74, 6) is 0.775. The molecule has 2 aromatic heterocycles. The van der Waals surface area contributed by atoms with Gasteiger partial charge in [-0.2, -0.15) is 5.10 Å². The zero-order chi connectivity index (χ0) is 13.1. The molecule has 1 atom stereocenters. The normalized spacial score (nSPS) is 16.7. The van der Waals surface area contributed by atoms with Gasteiger partial charge in [-0.1, -0.05) is 6.07 Å². The van der Waals surface area contributed by atoms with Gasteiger partial charge in [0.1, 0.15) is 0 Å². The summed E-state index contributed by atoms with van der Waals surface area (Å²) in [4.78, 5) is 6.96. The maximum Gasteiger partial charge on any atom is 0.0578 e. The van der Waals surface area contributed by atoms with Gasteiger partial charge in [0.15, 0.2) is 0 Å². The lowest BCUT2D eigenvalue weighted by Crippen LogP contribution is -2.30. The molecule has 1 fully saturated rings. The second-order valence-corrected chi connectivity index (χ2v) is 5.29. The molecule has 2 heterocycles. The summed E-state index contributed by atoms with van der Waals surface area (Å²) in [5.41, 5.74) is 1.20. The third kappa shape index (κ3) is 3.01. The molecule has 0 aromatic carbocycles. The molecule has 1 unspecified atom stereocenters. The summed E-state index contributed by atoms with van der Waals surface area (Å²) in [6.07, 6.45) is 8.39. The van der Waals surface area contributed by atoms with Crippen molar-refractivity contribution >= 4 is 0 Å². The number of likely N-dealkylation sites (N-methyl/N-ethyl adjacent to an activating group) is 1. The topological polar surface area (TPSA) is 34.0 Å². The predicted octanol–water partition coefficient (Wildman–Crippen LogP) is 2.36. The Hall–Kier alpha value is -1.68. The smallest absolute Gasteiger partial charge is 0.0578 e. The molecule has 0 saturated heterocycles. The van der Waals surface area contributed by atoms with Crippen LogP contribution in [0.15, 0.2) is 42.9 Å². The van der Waals surface area contributed by atoms with Crippen molar-refractivity contribution < 1.29 is 0 Å². The van der Waals surface area contributed by atoms with E-state index in [4.69, 9.17) is 0 Å². The summed E-state index contributed by atoms with van der Waals surface area (Å²) in [7, 11) is 2.20. The predicted molar refractivity (Wildman–Crippen MR) is 74.6 cm³/mol. The molecule has 0 spiro atoms. The second kappa shape index (κ2) is 5.53. The van der Waals surface area contributed by atoms with Crippen molar-refractivity contribution in [3.8, 4) is 0 Å². The minimum atomic E-state index is 0.455. The Labute approximate surface area is 114 Å². The molecule has 0 aliphatic heterocycles. The molecule has 2 aromatic rings. The minimum absolute atomic E-state index is 0.455. The van der Waals surface area contributed by atoms with Crippen LogP contribution in [0, 0.1) is 5.92 Å². The van der Waals surface area contributed by atoms with Crippen LogP contribution in [0.1, 0.15) is 24.6 Å². The van der Waals surface area contributed by atoms with E-state index in [1.165, 1.54) is 18.5 Å². The largest absolute Gasteiger partial charge is 0.296 e. The van der Waals surface area contributed by atoms with E-state index in [9.17, 15) is 0 Å². The standard InChI is InChI=1S/C15H20N4/c1-18(11-12-19-10-4-9-17-19)15(13-6-7-13)14-5-2-3-8-16-14/h2-5,8-10,13,15H,6-7,11-12H2,1H3. The number of hydrogen-bond donors (Lipinski definition) is 0. The molecule has 19 heavy (non-hydrogen) atoms. The van der Waals surface area contributed by atoms with Gasteiger partial charge in [0, 0.05) is 25.1 Å². The molecular formula is C15H20N4. The lowest BCUT2D eigenvalue weighted by molar-refractivity contribution is 0.206. The Bertz CT molecular complexity index is 490. The molecule has 3 rings (SSSR count). The maximum absolute atomic E-state index is 4.54. The molecule has 1 aliphatic rings. The summed E-state index contributed by atoms with van der Waals surface area (Å²) >= 11 is 0. The third-order valence-electron chi connectivity index (χ3n) is 3.78. The van der Waals surface area contributed by atoms with E-state index in [1.807, 2.05) is 35.4 Å². The van der Waals surface area contributed by atoms with Crippen molar-refractivity contribution in [2.75, 3.05) is 13.6 Å². The summed E-state index contributed by atoms with van der Waals surface area (Å²) in [5, 5.41) is 4.26. The number of pyridine rings is 1. The van der Waals surface area contributed by atoms with Crippen LogP contribution in [-0.4, -0.2) is 33.3 Å². The van der Waals surface area contributed by atoms with Gasteiger partial charge in [0.2, 0.25) is 0 Å². The van der Waals surface area contributed by atoms with Crippen molar-refractivity contribution in [3.63, 3.8) is 0 Å². The summed E-state index contributed by atoms with van der Waals surface area (Å²) in [6.45, 7) is 1.93. The highest BCUT2D eigenvalue weighted by Gasteiger charge is 2.35. The lowest BCUT2D eigenvalue weighted by atomic mass is 10.1. The van der Waals surface area contributed by atoms with Crippen molar-refractivity contribution in [3.05, 3.63) is 48.5 Å². The van der Waals surface area contributed by atoms with Crippen LogP contribution in [-0.2, 0) is 6.54 Å². The Morgan fingerprint density at radius 3 is 2.84 bits per heavy atom. The second-order valence-electron chi connectivity index (χ2n) is 5.29. The van der Waals surface area contributed by atoms with Gasteiger partial charge in [0.05, 0.1) is 18.3 Å². The maximum atomic E-state index is 4.54. The molecule has 4 nitrogen and oxygen atoms in total. The lowest BCUT2D eigenvalue weighted by Gasteiger charge is -2.27. The van der Waals surface area contributed by atoms with E-state index in [0.717, 1.165) is 19.0 Å². The molecule has 0 bridgehead atoms. The first kappa shape index (κ1) is 12.4. The Balaban J connectivity index is 1.66. The SMILES string of the molecule is CN(CCn1cccn1)C(c1ccccn1)C1CC1. The fourth-order valence-electron chi connectivity index (χ4n) is 2.62. The first-order valence-electron chi connectivity index (χ1n) is 6.93. The van der Waals surface area contributed by atoms with Crippen molar-refractivity contribution in [1.82, 2.24) is 19.7 Å². The highest BCUT2D eigenvalue weighted by Crippen LogP contribution is 2.43. The zero-order valence-electron chi connectivity index (χ0n) is 11.3. The molecular weight excluding hydrogens is 236 g/mol. The first-order chi connectivity index (χ1) is 9.34. The number of aromatic nitrogens is 3. The van der Waals surface area contributed by atoms with Gasteiger partial charge >= 0.3 is 0 Å². The minimum Gasteiger partial charge on any atom is -0.296 e. The Morgan fingerprint density at radius 2 is 2.21 bits per heavy atom. The third-order valence-corrected chi connectivity index (χ3v) is 3.78. The molecule has 1 aliphatic carbocycles. The quantitative estimate of drug-likeness (QED) is 0.795. The summed E-state index contributed by atoms with van der Waals surface area (Å²) < 4.78 is 1.98. The summed E-state index contributed by atoms with van der Waals surface area (Å²) in [6, 6.07) is 8.64. The van der Waals surface area contributed by atoms with Crippen molar-refractivity contribution in [2.45, 2.75) is 25.4 Å². The monoisotopic (exact) mass is 256 g/mol. The molecule has 0 radical (unpaired) electrons. The van der Waals surface area contributed by atoms with Crippen LogP contribution in [0.3, 0.4) is 0 Å².